The summed E-state index contributed by atoms with van der Waals surface area (Å²) in [6.07, 6.45) is 1.43. The number of hydrogen-bond acceptors (Lipinski definition) is 7. The summed E-state index contributed by atoms with van der Waals surface area (Å²) in [5.41, 5.74) is 7.54. The van der Waals surface area contributed by atoms with Crippen LogP contribution in [0.4, 0.5) is 24.9 Å². The maximum atomic E-state index is 13.7. The molecule has 36 heavy (non-hydrogen) atoms. The van der Waals surface area contributed by atoms with E-state index in [4.69, 9.17) is 5.73 Å². The number of hydrogen-bond donors (Lipinski definition) is 1. The molecule has 1 saturated carbocycles. The molecule has 1 fully saturated rings. The quantitative estimate of drug-likeness (QED) is 0.392. The van der Waals surface area contributed by atoms with Gasteiger partial charge in [0.15, 0.2) is 0 Å². The number of anilines is 2. The Hall–Kier alpha value is -4.28. The zero-order valence-corrected chi connectivity index (χ0v) is 19.3. The average Bonchev–Trinajstić information content (AvgIpc) is 3.71. The number of nitrogens with two attached hydrogens (primary N) is 1. The van der Waals surface area contributed by atoms with Gasteiger partial charge >= 0.3 is 6.18 Å². The summed E-state index contributed by atoms with van der Waals surface area (Å²) in [4.78, 5) is 30.5. The number of carbonyl (C=O) groups excluding carboxylic acids is 1. The van der Waals surface area contributed by atoms with E-state index >= 15 is 0 Å². The highest BCUT2D eigenvalue weighted by molar-refractivity contribution is 5.98. The van der Waals surface area contributed by atoms with Crippen LogP contribution in [0.1, 0.15) is 45.9 Å². The molecule has 11 heteroatoms. The molecule has 0 radical (unpaired) electrons. The summed E-state index contributed by atoms with van der Waals surface area (Å²) in [5.74, 6) is 0.729. The van der Waals surface area contributed by atoms with Crippen molar-refractivity contribution in [2.45, 2.75) is 31.5 Å². The molecule has 3 aromatic heterocycles. The van der Waals surface area contributed by atoms with Gasteiger partial charge in [-0.05, 0) is 66.8 Å². The maximum Gasteiger partial charge on any atom is 0.417 e. The fourth-order valence-corrected chi connectivity index (χ4v) is 3.93. The number of carbonyl (C=O) groups is 1. The van der Waals surface area contributed by atoms with E-state index < -0.39 is 17.6 Å². The number of fused-ring (bicyclic) bond motifs is 1. The predicted molar refractivity (Wildman–Crippen MR) is 128 cm³/mol. The molecular formula is C25H22F3N7O. The van der Waals surface area contributed by atoms with Crippen molar-refractivity contribution >= 4 is 28.6 Å². The summed E-state index contributed by atoms with van der Waals surface area (Å²) >= 11 is 0. The molecular weight excluding hydrogens is 471 g/mol. The van der Waals surface area contributed by atoms with Crippen molar-refractivity contribution in [2.75, 3.05) is 17.8 Å². The third kappa shape index (κ3) is 4.77. The van der Waals surface area contributed by atoms with Gasteiger partial charge in [0, 0.05) is 36.6 Å². The molecule has 8 nitrogen and oxygen atoms in total. The number of alkyl halides is 3. The molecule has 1 aromatic carbocycles. The second-order valence-corrected chi connectivity index (χ2v) is 8.62. The molecule has 4 aromatic rings. The van der Waals surface area contributed by atoms with E-state index in [1.165, 1.54) is 28.5 Å². The highest BCUT2D eigenvalue weighted by atomic mass is 19.4. The van der Waals surface area contributed by atoms with Crippen molar-refractivity contribution in [3.8, 4) is 0 Å². The Morgan fingerprint density at radius 3 is 2.47 bits per heavy atom. The summed E-state index contributed by atoms with van der Waals surface area (Å²) in [6, 6.07) is 10.9. The molecule has 0 atom stereocenters. The first-order chi connectivity index (χ1) is 17.2. The Bertz CT molecular complexity index is 1410. The first-order valence-corrected chi connectivity index (χ1v) is 11.3. The summed E-state index contributed by atoms with van der Waals surface area (Å²) in [7, 11) is 1.60. The minimum atomic E-state index is -4.50. The van der Waals surface area contributed by atoms with Crippen molar-refractivity contribution in [1.82, 2.24) is 24.9 Å². The van der Waals surface area contributed by atoms with Crippen LogP contribution in [-0.4, -0.2) is 37.9 Å². The Balaban J connectivity index is 1.50. The van der Waals surface area contributed by atoms with E-state index in [9.17, 15) is 18.0 Å². The summed E-state index contributed by atoms with van der Waals surface area (Å²) in [5, 5.41) is 3.56. The van der Waals surface area contributed by atoms with Crippen LogP contribution in [0.15, 0.2) is 61.1 Å². The lowest BCUT2D eigenvalue weighted by molar-refractivity contribution is -0.137. The molecule has 0 saturated heterocycles. The lowest BCUT2D eigenvalue weighted by Crippen LogP contribution is -2.45. The van der Waals surface area contributed by atoms with E-state index in [-0.39, 0.29) is 18.2 Å². The third-order valence-electron chi connectivity index (χ3n) is 6.04. The monoisotopic (exact) mass is 493 g/mol. The molecule has 2 N–H and O–H groups in total. The normalized spacial score (nSPS) is 13.6. The van der Waals surface area contributed by atoms with Crippen LogP contribution in [-0.2, 0) is 12.7 Å². The fraction of sp³-hybridized carbons (Fsp3) is 0.240. The highest BCUT2D eigenvalue weighted by Crippen LogP contribution is 2.43. The number of rotatable bonds is 6. The molecule has 1 aliphatic carbocycles. The van der Waals surface area contributed by atoms with E-state index in [0.29, 0.717) is 22.8 Å². The standard InChI is InChI=1S/C25H22F3N7O/c1-34(24-30-9-2-10-31-24)35(14-19-7-6-18(13-32-19)25(26,27)28)23(36)16-5-8-21-17(11-16)12-20(15-3-4-15)22(29)33-21/h2,5-13,15H,3-4,14H2,1H3,(H2,29,33). The van der Waals surface area contributed by atoms with Crippen LogP contribution in [0.3, 0.4) is 0 Å². The highest BCUT2D eigenvalue weighted by Gasteiger charge is 2.31. The minimum absolute atomic E-state index is 0.100. The number of nitrogens with zero attached hydrogens (tertiary/aromatic N) is 6. The molecule has 0 spiro atoms. The van der Waals surface area contributed by atoms with Gasteiger partial charge in [-0.15, -0.1) is 0 Å². The minimum Gasteiger partial charge on any atom is -0.383 e. The SMILES string of the molecule is CN(c1ncccn1)N(Cc1ccc(C(F)(F)F)cn1)C(=O)c1ccc2nc(N)c(C3CC3)cc2c1. The number of aromatic nitrogens is 4. The van der Waals surface area contributed by atoms with Crippen LogP contribution >= 0.6 is 0 Å². The molecule has 0 bridgehead atoms. The smallest absolute Gasteiger partial charge is 0.383 e. The van der Waals surface area contributed by atoms with Crippen LogP contribution in [0.2, 0.25) is 0 Å². The van der Waals surface area contributed by atoms with Gasteiger partial charge in [0.2, 0.25) is 5.95 Å². The average molecular weight is 493 g/mol. The summed E-state index contributed by atoms with van der Waals surface area (Å²) < 4.78 is 38.9. The van der Waals surface area contributed by atoms with Gasteiger partial charge in [0.1, 0.15) is 5.82 Å². The molecule has 0 unspecified atom stereocenters. The number of pyridine rings is 2. The van der Waals surface area contributed by atoms with Gasteiger partial charge in [-0.1, -0.05) is 0 Å². The maximum absolute atomic E-state index is 13.7. The molecule has 1 amide bonds. The van der Waals surface area contributed by atoms with Gasteiger partial charge < -0.3 is 5.73 Å². The predicted octanol–water partition coefficient (Wildman–Crippen LogP) is 4.59. The molecule has 3 heterocycles. The van der Waals surface area contributed by atoms with Crippen LogP contribution < -0.4 is 10.7 Å². The second-order valence-electron chi connectivity index (χ2n) is 8.62. The number of nitrogen functional groups attached to an aromatic ring is 1. The number of hydrazine groups is 1. The van der Waals surface area contributed by atoms with Gasteiger partial charge in [-0.3, -0.25) is 14.8 Å². The first kappa shape index (κ1) is 23.5. The Labute approximate surface area is 204 Å². The zero-order chi connectivity index (χ0) is 25.4. The van der Waals surface area contributed by atoms with Gasteiger partial charge in [0.25, 0.3) is 5.91 Å². The second kappa shape index (κ2) is 9.06. The van der Waals surface area contributed by atoms with E-state index in [0.717, 1.165) is 36.1 Å². The lowest BCUT2D eigenvalue weighted by atomic mass is 10.1. The molecule has 5 rings (SSSR count). The van der Waals surface area contributed by atoms with Crippen molar-refractivity contribution in [2.24, 2.45) is 0 Å². The van der Waals surface area contributed by atoms with Gasteiger partial charge in [-0.2, -0.15) is 13.2 Å². The van der Waals surface area contributed by atoms with Crippen molar-refractivity contribution < 1.29 is 18.0 Å². The van der Waals surface area contributed by atoms with Crippen LogP contribution in [0.25, 0.3) is 10.9 Å². The van der Waals surface area contributed by atoms with Crippen molar-refractivity contribution in [3.63, 3.8) is 0 Å². The van der Waals surface area contributed by atoms with Crippen LogP contribution in [0, 0.1) is 0 Å². The van der Waals surface area contributed by atoms with E-state index in [1.807, 2.05) is 6.07 Å². The Morgan fingerprint density at radius 1 is 1.08 bits per heavy atom. The Kier molecular flexibility index (Phi) is 5.91. The lowest BCUT2D eigenvalue weighted by Gasteiger charge is -2.31. The van der Waals surface area contributed by atoms with Crippen molar-refractivity contribution in [1.29, 1.82) is 0 Å². The molecule has 0 aliphatic heterocycles. The Morgan fingerprint density at radius 2 is 1.83 bits per heavy atom. The van der Waals surface area contributed by atoms with Gasteiger partial charge in [0.05, 0.1) is 23.3 Å². The number of benzene rings is 1. The van der Waals surface area contributed by atoms with E-state index in [2.05, 4.69) is 19.9 Å². The van der Waals surface area contributed by atoms with Crippen molar-refractivity contribution in [3.05, 3.63) is 83.4 Å². The third-order valence-corrected chi connectivity index (χ3v) is 6.04. The molecule has 184 valence electrons. The molecule has 1 aliphatic rings. The fourth-order valence-electron chi connectivity index (χ4n) is 3.93. The zero-order valence-electron chi connectivity index (χ0n) is 19.3. The van der Waals surface area contributed by atoms with Gasteiger partial charge in [-0.25, -0.2) is 20.0 Å². The largest absolute Gasteiger partial charge is 0.417 e. The number of halogens is 3. The topological polar surface area (TPSA) is 101 Å². The number of amides is 1. The first-order valence-electron chi connectivity index (χ1n) is 11.3. The van der Waals surface area contributed by atoms with E-state index in [1.54, 1.807) is 31.3 Å². The summed E-state index contributed by atoms with van der Waals surface area (Å²) in [6.45, 7) is -0.100. The van der Waals surface area contributed by atoms with Crippen LogP contribution in [0.5, 0.6) is 0 Å².